The van der Waals surface area contributed by atoms with Crippen molar-refractivity contribution in [3.63, 3.8) is 0 Å². The first-order valence-electron chi connectivity index (χ1n) is 7.45. The molecule has 24 heavy (non-hydrogen) atoms. The van der Waals surface area contributed by atoms with Gasteiger partial charge in [0, 0.05) is 5.70 Å². The van der Waals surface area contributed by atoms with Crippen molar-refractivity contribution in [2.24, 2.45) is 0 Å². The maximum atomic E-state index is 12.6. The SMILES string of the molecule is C=CCOC(=O)C1=C(C)Nc2ncnn2[C@H]1c1ccc(OC)cc1. The summed E-state index contributed by atoms with van der Waals surface area (Å²) in [7, 11) is 1.61. The molecule has 0 bridgehead atoms. The highest BCUT2D eigenvalue weighted by molar-refractivity contribution is 5.92. The Morgan fingerprint density at radius 3 is 2.83 bits per heavy atom. The fraction of sp³-hybridized carbons (Fsp3) is 0.235. The smallest absolute Gasteiger partial charge is 0.338 e. The zero-order chi connectivity index (χ0) is 17.1. The van der Waals surface area contributed by atoms with E-state index in [1.807, 2.05) is 31.2 Å². The number of esters is 1. The minimum absolute atomic E-state index is 0.148. The quantitative estimate of drug-likeness (QED) is 0.671. The van der Waals surface area contributed by atoms with Crippen molar-refractivity contribution in [3.8, 4) is 5.75 Å². The molecule has 7 nitrogen and oxygen atoms in total. The number of rotatable bonds is 5. The van der Waals surface area contributed by atoms with Crippen molar-refractivity contribution in [2.75, 3.05) is 19.0 Å². The number of nitrogens with one attached hydrogen (secondary N) is 1. The summed E-state index contributed by atoms with van der Waals surface area (Å²) in [6.07, 6.45) is 2.98. The van der Waals surface area contributed by atoms with Crippen LogP contribution >= 0.6 is 0 Å². The van der Waals surface area contributed by atoms with Crippen LogP contribution in [0, 0.1) is 0 Å². The number of anilines is 1. The molecule has 0 radical (unpaired) electrons. The van der Waals surface area contributed by atoms with Gasteiger partial charge < -0.3 is 14.8 Å². The van der Waals surface area contributed by atoms with Crippen molar-refractivity contribution in [3.05, 3.63) is 60.1 Å². The van der Waals surface area contributed by atoms with Crippen LogP contribution in [-0.2, 0) is 9.53 Å². The van der Waals surface area contributed by atoms with Crippen LogP contribution in [0.25, 0.3) is 0 Å². The molecular formula is C17H18N4O3. The predicted molar refractivity (Wildman–Crippen MR) is 88.6 cm³/mol. The highest BCUT2D eigenvalue weighted by Crippen LogP contribution is 2.35. The molecule has 1 aromatic heterocycles. The lowest BCUT2D eigenvalue weighted by atomic mass is 9.96. The lowest BCUT2D eigenvalue weighted by Gasteiger charge is -2.28. The highest BCUT2D eigenvalue weighted by atomic mass is 16.5. The summed E-state index contributed by atoms with van der Waals surface area (Å²) in [5, 5.41) is 7.34. The second-order valence-corrected chi connectivity index (χ2v) is 5.25. The van der Waals surface area contributed by atoms with Crippen molar-refractivity contribution >= 4 is 11.9 Å². The normalized spacial score (nSPS) is 16.2. The second-order valence-electron chi connectivity index (χ2n) is 5.25. The number of benzene rings is 1. The van der Waals surface area contributed by atoms with E-state index in [0.717, 1.165) is 11.3 Å². The summed E-state index contributed by atoms with van der Waals surface area (Å²) in [4.78, 5) is 16.7. The zero-order valence-corrected chi connectivity index (χ0v) is 13.5. The summed E-state index contributed by atoms with van der Waals surface area (Å²) in [5.74, 6) is 0.901. The minimum Gasteiger partial charge on any atom is -0.497 e. The van der Waals surface area contributed by atoms with E-state index in [4.69, 9.17) is 9.47 Å². The number of methoxy groups -OCH3 is 1. The maximum Gasteiger partial charge on any atom is 0.338 e. The molecule has 0 aliphatic carbocycles. The van der Waals surface area contributed by atoms with Gasteiger partial charge in [0.05, 0.1) is 12.7 Å². The van der Waals surface area contributed by atoms with Gasteiger partial charge in [0.25, 0.3) is 0 Å². The van der Waals surface area contributed by atoms with Gasteiger partial charge in [-0.2, -0.15) is 10.1 Å². The molecule has 1 aliphatic rings. The highest BCUT2D eigenvalue weighted by Gasteiger charge is 2.34. The third-order valence-corrected chi connectivity index (χ3v) is 3.78. The first-order valence-corrected chi connectivity index (χ1v) is 7.45. The minimum atomic E-state index is -0.424. The summed E-state index contributed by atoms with van der Waals surface area (Å²) < 4.78 is 12.1. The van der Waals surface area contributed by atoms with Crippen LogP contribution in [0.3, 0.4) is 0 Å². The summed E-state index contributed by atoms with van der Waals surface area (Å²) >= 11 is 0. The van der Waals surface area contributed by atoms with Gasteiger partial charge in [-0.1, -0.05) is 24.8 Å². The van der Waals surface area contributed by atoms with Crippen LogP contribution in [0.1, 0.15) is 18.5 Å². The number of carbonyl (C=O) groups excluding carboxylic acids is 1. The zero-order valence-electron chi connectivity index (χ0n) is 13.5. The molecule has 1 N–H and O–H groups in total. The number of nitrogens with zero attached hydrogens (tertiary/aromatic N) is 3. The van der Waals surface area contributed by atoms with Gasteiger partial charge in [0.1, 0.15) is 24.7 Å². The van der Waals surface area contributed by atoms with E-state index < -0.39 is 12.0 Å². The van der Waals surface area contributed by atoms with E-state index >= 15 is 0 Å². The van der Waals surface area contributed by atoms with Crippen LogP contribution in [-0.4, -0.2) is 34.5 Å². The van der Waals surface area contributed by atoms with Crippen LogP contribution in [0.5, 0.6) is 5.75 Å². The van der Waals surface area contributed by atoms with Crippen molar-refractivity contribution in [2.45, 2.75) is 13.0 Å². The van der Waals surface area contributed by atoms with Crippen LogP contribution < -0.4 is 10.1 Å². The van der Waals surface area contributed by atoms with Crippen LogP contribution in [0.2, 0.25) is 0 Å². The molecule has 0 saturated carbocycles. The van der Waals surface area contributed by atoms with Crippen LogP contribution in [0.15, 0.2) is 54.5 Å². The topological polar surface area (TPSA) is 78.3 Å². The Morgan fingerprint density at radius 1 is 1.42 bits per heavy atom. The van der Waals surface area contributed by atoms with Gasteiger partial charge in [-0.05, 0) is 24.6 Å². The molecule has 1 aromatic carbocycles. The molecule has 0 saturated heterocycles. The Morgan fingerprint density at radius 2 is 2.17 bits per heavy atom. The molecule has 0 amide bonds. The number of hydrogen-bond donors (Lipinski definition) is 1. The predicted octanol–water partition coefficient (Wildman–Crippen LogP) is 2.30. The molecule has 0 spiro atoms. The van der Waals surface area contributed by atoms with Gasteiger partial charge in [-0.3, -0.25) is 0 Å². The Bertz CT molecular complexity index is 792. The first kappa shape index (κ1) is 15.8. The number of ether oxygens (including phenoxy) is 2. The fourth-order valence-corrected chi connectivity index (χ4v) is 2.66. The van der Waals surface area contributed by atoms with Crippen LogP contribution in [0.4, 0.5) is 5.95 Å². The third kappa shape index (κ3) is 2.76. The standard InChI is InChI=1S/C17H18N4O3/c1-4-9-24-16(22)14-11(2)20-17-18-10-19-21(17)15(14)12-5-7-13(23-3)8-6-12/h4-8,10,15H,1,9H2,2-3H3,(H,18,19,20)/t15-/m0/s1. The van der Waals surface area contributed by atoms with E-state index in [1.165, 1.54) is 12.4 Å². The first-order chi connectivity index (χ1) is 11.7. The molecule has 3 rings (SSSR count). The third-order valence-electron chi connectivity index (χ3n) is 3.78. The number of allylic oxidation sites excluding steroid dienone is 1. The van der Waals surface area contributed by atoms with E-state index in [2.05, 4.69) is 22.0 Å². The van der Waals surface area contributed by atoms with E-state index in [-0.39, 0.29) is 6.61 Å². The molecule has 1 atom stereocenters. The Hall–Kier alpha value is -3.09. The average molecular weight is 326 g/mol. The Kier molecular flexibility index (Phi) is 4.33. The molecule has 2 aromatic rings. The van der Waals surface area contributed by atoms with Gasteiger partial charge in [-0.15, -0.1) is 0 Å². The maximum absolute atomic E-state index is 12.6. The second kappa shape index (κ2) is 6.57. The number of carbonyl (C=O) groups is 1. The Labute approximate surface area is 139 Å². The largest absolute Gasteiger partial charge is 0.497 e. The average Bonchev–Trinajstić information content (AvgIpc) is 3.06. The summed E-state index contributed by atoms with van der Waals surface area (Å²) in [5.41, 5.74) is 2.05. The van der Waals surface area contributed by atoms with E-state index in [9.17, 15) is 4.79 Å². The van der Waals surface area contributed by atoms with Gasteiger partial charge >= 0.3 is 5.97 Å². The molecule has 1 aliphatic heterocycles. The molecule has 2 heterocycles. The number of fused-ring (bicyclic) bond motifs is 1. The number of hydrogen-bond acceptors (Lipinski definition) is 6. The van der Waals surface area contributed by atoms with E-state index in [1.54, 1.807) is 11.8 Å². The summed E-state index contributed by atoms with van der Waals surface area (Å²) in [6.45, 7) is 5.54. The molecule has 0 fully saturated rings. The van der Waals surface area contributed by atoms with Crippen molar-refractivity contribution in [1.29, 1.82) is 0 Å². The molecular weight excluding hydrogens is 308 g/mol. The van der Waals surface area contributed by atoms with Gasteiger partial charge in [-0.25, -0.2) is 9.48 Å². The fourth-order valence-electron chi connectivity index (χ4n) is 2.66. The lowest BCUT2D eigenvalue weighted by Crippen LogP contribution is -2.29. The molecule has 7 heteroatoms. The van der Waals surface area contributed by atoms with Gasteiger partial charge in [0.2, 0.25) is 5.95 Å². The molecule has 124 valence electrons. The monoisotopic (exact) mass is 326 g/mol. The number of aromatic nitrogens is 3. The Balaban J connectivity index is 2.06. The van der Waals surface area contributed by atoms with Crippen molar-refractivity contribution in [1.82, 2.24) is 14.8 Å². The van der Waals surface area contributed by atoms with Crippen molar-refractivity contribution < 1.29 is 14.3 Å². The van der Waals surface area contributed by atoms with E-state index in [0.29, 0.717) is 17.2 Å². The lowest BCUT2D eigenvalue weighted by molar-refractivity contribution is -0.138. The van der Waals surface area contributed by atoms with Gasteiger partial charge in [0.15, 0.2) is 0 Å². The summed E-state index contributed by atoms with van der Waals surface area (Å²) in [6, 6.07) is 7.06. The molecule has 0 unspecified atom stereocenters.